The highest BCUT2D eigenvalue weighted by atomic mass is 32.1. The number of hydrogen-bond donors (Lipinski definition) is 0. The molecule has 0 aliphatic rings. The molecule has 2 aromatic carbocycles. The number of benzene rings is 2. The summed E-state index contributed by atoms with van der Waals surface area (Å²) in [5.41, 5.74) is 3.98. The molecule has 0 aliphatic carbocycles. The largest absolute Gasteiger partial charge is 0.454 e. The number of para-hydroxylation sites is 1. The van der Waals surface area contributed by atoms with Crippen LogP contribution in [0.1, 0.15) is 32.5 Å². The first-order chi connectivity index (χ1) is 15.5. The standard InChI is InChI=1S/C25H19N3O3S/c1-15-14-32-24(27-15)19(12-26)21(29)13-31-25(30)22-16(2)23(17-8-4-3-5-9-17)28-20-11-7-6-10-18(20)22/h3-11,14,19H,13H2,1-2H3. The van der Waals surface area contributed by atoms with Crippen molar-refractivity contribution in [1.82, 2.24) is 9.97 Å². The second-order valence-corrected chi connectivity index (χ2v) is 8.16. The van der Waals surface area contributed by atoms with Crippen molar-refractivity contribution in [2.24, 2.45) is 0 Å². The van der Waals surface area contributed by atoms with Crippen LogP contribution in [-0.4, -0.2) is 28.3 Å². The highest BCUT2D eigenvalue weighted by molar-refractivity contribution is 7.09. The van der Waals surface area contributed by atoms with Crippen molar-refractivity contribution in [2.75, 3.05) is 6.61 Å². The molecule has 6 nitrogen and oxygen atoms in total. The van der Waals surface area contributed by atoms with E-state index in [0.29, 0.717) is 32.7 Å². The summed E-state index contributed by atoms with van der Waals surface area (Å²) in [5.74, 6) is -2.19. The molecule has 0 saturated heterocycles. The lowest BCUT2D eigenvalue weighted by atomic mass is 9.98. The summed E-state index contributed by atoms with van der Waals surface area (Å²) in [4.78, 5) is 34.7. The average Bonchev–Trinajstić information content (AvgIpc) is 3.24. The highest BCUT2D eigenvalue weighted by Crippen LogP contribution is 2.30. The number of thiazole rings is 1. The van der Waals surface area contributed by atoms with Crippen molar-refractivity contribution in [3.05, 3.63) is 81.8 Å². The molecular formula is C25H19N3O3S. The molecule has 0 N–H and O–H groups in total. The Labute approximate surface area is 189 Å². The van der Waals surface area contributed by atoms with E-state index in [0.717, 1.165) is 11.3 Å². The Balaban J connectivity index is 1.65. The number of ketones is 1. The summed E-state index contributed by atoms with van der Waals surface area (Å²) in [6.45, 7) is 3.10. The minimum atomic E-state index is -1.06. The fraction of sp³-hybridized carbons (Fsp3) is 0.160. The fourth-order valence-electron chi connectivity index (χ4n) is 3.51. The number of fused-ring (bicyclic) bond motifs is 1. The zero-order chi connectivity index (χ0) is 22.7. The summed E-state index contributed by atoms with van der Waals surface area (Å²) in [6.07, 6.45) is 0. The van der Waals surface area contributed by atoms with Crippen LogP contribution < -0.4 is 0 Å². The van der Waals surface area contributed by atoms with Gasteiger partial charge in [0, 0.05) is 22.0 Å². The third-order valence-electron chi connectivity index (χ3n) is 5.07. The van der Waals surface area contributed by atoms with Crippen LogP contribution >= 0.6 is 11.3 Å². The van der Waals surface area contributed by atoms with Gasteiger partial charge < -0.3 is 4.74 Å². The number of nitrogens with zero attached hydrogens (tertiary/aromatic N) is 3. The summed E-state index contributed by atoms with van der Waals surface area (Å²) >= 11 is 1.24. The van der Waals surface area contributed by atoms with Gasteiger partial charge in [0.25, 0.3) is 0 Å². The molecule has 4 aromatic rings. The van der Waals surface area contributed by atoms with Crippen LogP contribution in [0.4, 0.5) is 0 Å². The van der Waals surface area contributed by atoms with E-state index in [1.54, 1.807) is 18.4 Å². The van der Waals surface area contributed by atoms with Gasteiger partial charge in [-0.15, -0.1) is 11.3 Å². The van der Waals surface area contributed by atoms with Gasteiger partial charge >= 0.3 is 5.97 Å². The quantitative estimate of drug-likeness (QED) is 0.391. The van der Waals surface area contributed by atoms with E-state index < -0.39 is 24.3 Å². The molecule has 1 atom stereocenters. The Morgan fingerprint density at radius 1 is 1.06 bits per heavy atom. The first-order valence-corrected chi connectivity index (χ1v) is 10.8. The number of carbonyl (C=O) groups excluding carboxylic acids is 2. The lowest BCUT2D eigenvalue weighted by Crippen LogP contribution is -2.20. The van der Waals surface area contributed by atoms with Crippen molar-refractivity contribution < 1.29 is 14.3 Å². The normalized spacial score (nSPS) is 11.7. The van der Waals surface area contributed by atoms with Gasteiger partial charge in [-0.2, -0.15) is 5.26 Å². The summed E-state index contributed by atoms with van der Waals surface area (Å²) in [6, 6.07) is 18.9. The predicted octanol–water partition coefficient (Wildman–Crippen LogP) is 5.01. The van der Waals surface area contributed by atoms with Gasteiger partial charge in [-0.25, -0.2) is 14.8 Å². The second kappa shape index (κ2) is 9.08. The molecule has 1 unspecified atom stereocenters. The van der Waals surface area contributed by atoms with Crippen LogP contribution in [0.3, 0.4) is 0 Å². The number of hydrogen-bond acceptors (Lipinski definition) is 7. The van der Waals surface area contributed by atoms with Crippen molar-refractivity contribution in [2.45, 2.75) is 19.8 Å². The first-order valence-electron chi connectivity index (χ1n) is 9.96. The number of carbonyl (C=O) groups is 2. The Bertz CT molecular complexity index is 1360. The van der Waals surface area contributed by atoms with Crippen LogP contribution in [0.2, 0.25) is 0 Å². The number of esters is 1. The van der Waals surface area contributed by atoms with Crippen molar-refractivity contribution in [3.63, 3.8) is 0 Å². The molecular weight excluding hydrogens is 422 g/mol. The van der Waals surface area contributed by atoms with Gasteiger partial charge in [0.1, 0.15) is 5.01 Å². The summed E-state index contributed by atoms with van der Waals surface area (Å²) in [5, 5.41) is 12.3. The molecule has 4 rings (SSSR count). The molecule has 0 saturated carbocycles. The van der Waals surface area contributed by atoms with Crippen LogP contribution in [0.5, 0.6) is 0 Å². The Kier molecular flexibility index (Phi) is 6.06. The average molecular weight is 442 g/mol. The lowest BCUT2D eigenvalue weighted by molar-refractivity contribution is -0.122. The smallest absolute Gasteiger partial charge is 0.339 e. The maximum Gasteiger partial charge on any atom is 0.339 e. The Morgan fingerprint density at radius 2 is 1.78 bits per heavy atom. The summed E-state index contributed by atoms with van der Waals surface area (Å²) in [7, 11) is 0. The number of nitriles is 1. The molecule has 0 aliphatic heterocycles. The van der Waals surface area contributed by atoms with Crippen LogP contribution in [0.15, 0.2) is 60.0 Å². The van der Waals surface area contributed by atoms with Gasteiger partial charge in [-0.1, -0.05) is 48.5 Å². The molecule has 7 heteroatoms. The van der Waals surface area contributed by atoms with E-state index in [4.69, 9.17) is 9.72 Å². The second-order valence-electron chi connectivity index (χ2n) is 7.28. The van der Waals surface area contributed by atoms with E-state index in [-0.39, 0.29) is 0 Å². The summed E-state index contributed by atoms with van der Waals surface area (Å²) < 4.78 is 5.39. The lowest BCUT2D eigenvalue weighted by Gasteiger charge is -2.14. The van der Waals surface area contributed by atoms with Crippen LogP contribution in [0.25, 0.3) is 22.2 Å². The predicted molar refractivity (Wildman–Crippen MR) is 122 cm³/mol. The topological polar surface area (TPSA) is 92.9 Å². The van der Waals surface area contributed by atoms with E-state index in [2.05, 4.69) is 4.98 Å². The fourth-order valence-corrected chi connectivity index (χ4v) is 4.37. The number of Topliss-reactive ketones (excluding diaryl/α,β-unsaturated/α-hetero) is 1. The molecule has 2 aromatic heterocycles. The third-order valence-corrected chi connectivity index (χ3v) is 6.09. The molecule has 0 amide bonds. The van der Waals surface area contributed by atoms with E-state index in [1.165, 1.54) is 11.3 Å². The molecule has 0 radical (unpaired) electrons. The zero-order valence-electron chi connectivity index (χ0n) is 17.5. The number of ether oxygens (including phenoxy) is 1. The minimum absolute atomic E-state index is 0.362. The zero-order valence-corrected chi connectivity index (χ0v) is 18.3. The SMILES string of the molecule is Cc1csc(C(C#N)C(=O)COC(=O)c2c(C)c(-c3ccccc3)nc3ccccc23)n1. The maximum absolute atomic E-state index is 13.1. The van der Waals surface area contributed by atoms with Gasteiger partial charge in [0.2, 0.25) is 0 Å². The van der Waals surface area contributed by atoms with E-state index >= 15 is 0 Å². The van der Waals surface area contributed by atoms with E-state index in [9.17, 15) is 14.9 Å². The highest BCUT2D eigenvalue weighted by Gasteiger charge is 2.26. The van der Waals surface area contributed by atoms with Crippen LogP contribution in [-0.2, 0) is 9.53 Å². The minimum Gasteiger partial charge on any atom is -0.454 e. The van der Waals surface area contributed by atoms with Gasteiger partial charge in [-0.3, -0.25) is 4.79 Å². The Hall–Kier alpha value is -3.89. The monoisotopic (exact) mass is 441 g/mol. The van der Waals surface area contributed by atoms with Crippen molar-refractivity contribution in [1.29, 1.82) is 5.26 Å². The maximum atomic E-state index is 13.1. The molecule has 158 valence electrons. The number of aromatic nitrogens is 2. The van der Waals surface area contributed by atoms with Gasteiger partial charge in [0.15, 0.2) is 18.3 Å². The molecule has 0 fully saturated rings. The Morgan fingerprint density at radius 3 is 2.47 bits per heavy atom. The first kappa shape index (κ1) is 21.3. The molecule has 0 spiro atoms. The number of aryl methyl sites for hydroxylation is 1. The number of pyridine rings is 1. The number of rotatable bonds is 6. The third kappa shape index (κ3) is 4.13. The van der Waals surface area contributed by atoms with E-state index in [1.807, 2.05) is 61.5 Å². The molecule has 2 heterocycles. The molecule has 32 heavy (non-hydrogen) atoms. The molecule has 0 bridgehead atoms. The van der Waals surface area contributed by atoms with Crippen LogP contribution in [0, 0.1) is 25.2 Å². The van der Waals surface area contributed by atoms with Gasteiger partial charge in [0.05, 0.1) is 22.8 Å². The van der Waals surface area contributed by atoms with Crippen molar-refractivity contribution in [3.8, 4) is 17.3 Å². The van der Waals surface area contributed by atoms with Crippen molar-refractivity contribution >= 4 is 34.0 Å². The van der Waals surface area contributed by atoms with Gasteiger partial charge in [-0.05, 0) is 25.5 Å².